The zero-order valence-electron chi connectivity index (χ0n) is 11.0. The molecule has 5 nitrogen and oxygen atoms in total. The van der Waals surface area contributed by atoms with E-state index in [9.17, 15) is 4.79 Å². The lowest BCUT2D eigenvalue weighted by Crippen LogP contribution is -2.12. The lowest BCUT2D eigenvalue weighted by Gasteiger charge is -2.08. The van der Waals surface area contributed by atoms with E-state index in [0.717, 1.165) is 20.8 Å². The number of nitrogen functional groups attached to an aromatic ring is 1. The highest BCUT2D eigenvalue weighted by Crippen LogP contribution is 2.33. The van der Waals surface area contributed by atoms with Crippen LogP contribution in [0.3, 0.4) is 0 Å². The van der Waals surface area contributed by atoms with Gasteiger partial charge in [-0.3, -0.25) is 4.79 Å². The number of carbonyl (C=O) groups is 1. The zero-order valence-corrected chi connectivity index (χ0v) is 11.8. The molecule has 4 N–H and O–H groups in total. The Morgan fingerprint density at radius 2 is 1.90 bits per heavy atom. The van der Waals surface area contributed by atoms with Gasteiger partial charge in [-0.25, -0.2) is 9.97 Å². The Hall–Kier alpha value is -2.60. The predicted octanol–water partition coefficient (Wildman–Crippen LogP) is 2.46. The highest BCUT2D eigenvalue weighted by molar-refractivity contribution is 7.99. The second-order valence-electron chi connectivity index (χ2n) is 4.42. The molecule has 0 aliphatic rings. The SMILES string of the molecule is NC(=O)c1cc(N)ccc1Sc1ncnc2ccccc12. The van der Waals surface area contributed by atoms with Gasteiger partial charge in [-0.05, 0) is 24.3 Å². The Labute approximate surface area is 125 Å². The third-order valence-corrected chi connectivity index (χ3v) is 4.08. The smallest absolute Gasteiger partial charge is 0.249 e. The maximum atomic E-state index is 11.5. The fourth-order valence-corrected chi connectivity index (χ4v) is 2.99. The number of primary amides is 1. The first-order valence-electron chi connectivity index (χ1n) is 6.22. The summed E-state index contributed by atoms with van der Waals surface area (Å²) >= 11 is 1.37. The number of rotatable bonds is 3. The van der Waals surface area contributed by atoms with Crippen molar-refractivity contribution in [3.8, 4) is 0 Å². The standard InChI is InChI=1S/C15H12N4OS/c16-9-5-6-13(11(7-9)14(17)20)21-15-10-3-1-2-4-12(10)18-8-19-15/h1-8H,16H2,(H2,17,20). The van der Waals surface area contributed by atoms with Gasteiger partial charge >= 0.3 is 0 Å². The van der Waals surface area contributed by atoms with E-state index < -0.39 is 5.91 Å². The molecule has 0 radical (unpaired) electrons. The molecule has 0 unspecified atom stereocenters. The van der Waals surface area contributed by atoms with Crippen LogP contribution in [0.1, 0.15) is 10.4 Å². The first kappa shape index (κ1) is 13.4. The van der Waals surface area contributed by atoms with Crippen molar-refractivity contribution in [2.45, 2.75) is 9.92 Å². The molecule has 6 heteroatoms. The number of para-hydroxylation sites is 1. The normalized spacial score (nSPS) is 10.7. The average Bonchev–Trinajstić information content (AvgIpc) is 2.49. The molecule has 0 fully saturated rings. The van der Waals surface area contributed by atoms with Crippen LogP contribution in [0.2, 0.25) is 0 Å². The van der Waals surface area contributed by atoms with Gasteiger partial charge in [-0.2, -0.15) is 0 Å². The lowest BCUT2D eigenvalue weighted by atomic mass is 10.2. The number of hydrogen-bond acceptors (Lipinski definition) is 5. The topological polar surface area (TPSA) is 94.9 Å². The third-order valence-electron chi connectivity index (χ3n) is 2.98. The number of benzene rings is 2. The molecule has 0 saturated carbocycles. The number of aromatic nitrogens is 2. The van der Waals surface area contributed by atoms with Crippen molar-refractivity contribution in [3.63, 3.8) is 0 Å². The van der Waals surface area contributed by atoms with Crippen LogP contribution in [0, 0.1) is 0 Å². The molecular formula is C15H12N4OS. The lowest BCUT2D eigenvalue weighted by molar-refractivity contribution is 0.0997. The minimum Gasteiger partial charge on any atom is -0.399 e. The summed E-state index contributed by atoms with van der Waals surface area (Å²) in [5.74, 6) is -0.511. The second-order valence-corrected chi connectivity index (χ2v) is 5.45. The summed E-state index contributed by atoms with van der Waals surface area (Å²) in [5, 5.41) is 1.70. The van der Waals surface area contributed by atoms with Gasteiger partial charge in [-0.15, -0.1) is 0 Å². The van der Waals surface area contributed by atoms with Crippen LogP contribution in [-0.2, 0) is 0 Å². The van der Waals surface area contributed by atoms with Crippen molar-refractivity contribution >= 4 is 34.3 Å². The Morgan fingerprint density at radius 3 is 2.71 bits per heavy atom. The molecule has 21 heavy (non-hydrogen) atoms. The van der Waals surface area contributed by atoms with E-state index in [4.69, 9.17) is 11.5 Å². The molecule has 3 aromatic rings. The van der Waals surface area contributed by atoms with E-state index in [0.29, 0.717) is 11.3 Å². The van der Waals surface area contributed by atoms with Gasteiger partial charge in [0.1, 0.15) is 11.4 Å². The molecular weight excluding hydrogens is 284 g/mol. The number of carbonyl (C=O) groups excluding carboxylic acids is 1. The van der Waals surface area contributed by atoms with Crippen LogP contribution in [0.15, 0.2) is 58.7 Å². The maximum absolute atomic E-state index is 11.5. The molecule has 0 aliphatic carbocycles. The predicted molar refractivity (Wildman–Crippen MR) is 83.0 cm³/mol. The number of fused-ring (bicyclic) bond motifs is 1. The molecule has 104 valence electrons. The zero-order chi connectivity index (χ0) is 14.8. The van der Waals surface area contributed by atoms with Gasteiger partial charge in [-0.1, -0.05) is 30.0 Å². The van der Waals surface area contributed by atoms with Crippen LogP contribution in [0.4, 0.5) is 5.69 Å². The van der Waals surface area contributed by atoms with Crippen molar-refractivity contribution in [2.75, 3.05) is 5.73 Å². The maximum Gasteiger partial charge on any atom is 0.249 e. The van der Waals surface area contributed by atoms with Gasteiger partial charge < -0.3 is 11.5 Å². The summed E-state index contributed by atoms with van der Waals surface area (Å²) in [6, 6.07) is 12.8. The van der Waals surface area contributed by atoms with E-state index in [2.05, 4.69) is 9.97 Å². The molecule has 0 aliphatic heterocycles. The molecule has 0 atom stereocenters. The number of anilines is 1. The number of hydrogen-bond donors (Lipinski definition) is 2. The largest absolute Gasteiger partial charge is 0.399 e. The van der Waals surface area contributed by atoms with Crippen LogP contribution < -0.4 is 11.5 Å². The van der Waals surface area contributed by atoms with E-state index in [1.54, 1.807) is 18.2 Å². The van der Waals surface area contributed by atoms with E-state index in [1.807, 2.05) is 24.3 Å². The van der Waals surface area contributed by atoms with E-state index in [1.165, 1.54) is 18.1 Å². The first-order chi connectivity index (χ1) is 10.1. The van der Waals surface area contributed by atoms with Gasteiger partial charge in [0.25, 0.3) is 0 Å². The molecule has 0 saturated heterocycles. The van der Waals surface area contributed by atoms with Crippen molar-refractivity contribution < 1.29 is 4.79 Å². The van der Waals surface area contributed by atoms with Crippen LogP contribution in [-0.4, -0.2) is 15.9 Å². The quantitative estimate of drug-likeness (QED) is 0.572. The molecule has 1 heterocycles. The van der Waals surface area contributed by atoms with Crippen LogP contribution >= 0.6 is 11.8 Å². The van der Waals surface area contributed by atoms with Gasteiger partial charge in [0.2, 0.25) is 5.91 Å². The third kappa shape index (κ3) is 2.66. The summed E-state index contributed by atoms with van der Waals surface area (Å²) < 4.78 is 0. The fourth-order valence-electron chi connectivity index (χ4n) is 1.99. The van der Waals surface area contributed by atoms with Crippen molar-refractivity contribution in [1.82, 2.24) is 9.97 Å². The fraction of sp³-hybridized carbons (Fsp3) is 0. The number of amides is 1. The van der Waals surface area contributed by atoms with Crippen molar-refractivity contribution in [1.29, 1.82) is 0 Å². The van der Waals surface area contributed by atoms with Crippen molar-refractivity contribution in [2.24, 2.45) is 5.73 Å². The molecule has 0 bridgehead atoms. The minimum absolute atomic E-state index is 0.391. The molecule has 1 aromatic heterocycles. The summed E-state index contributed by atoms with van der Waals surface area (Å²) in [7, 11) is 0. The minimum atomic E-state index is -0.511. The first-order valence-corrected chi connectivity index (χ1v) is 7.04. The summed E-state index contributed by atoms with van der Waals surface area (Å²) in [6.07, 6.45) is 1.51. The second kappa shape index (κ2) is 5.41. The summed E-state index contributed by atoms with van der Waals surface area (Å²) in [6.45, 7) is 0. The average molecular weight is 296 g/mol. The number of nitrogens with zero attached hydrogens (tertiary/aromatic N) is 2. The van der Waals surface area contributed by atoms with Gasteiger partial charge in [0, 0.05) is 16.0 Å². The molecule has 3 rings (SSSR count). The Kier molecular flexibility index (Phi) is 3.45. The van der Waals surface area contributed by atoms with E-state index in [-0.39, 0.29) is 0 Å². The van der Waals surface area contributed by atoms with Crippen LogP contribution in [0.25, 0.3) is 10.9 Å². The summed E-state index contributed by atoms with van der Waals surface area (Å²) in [4.78, 5) is 20.8. The molecule has 0 spiro atoms. The van der Waals surface area contributed by atoms with Gasteiger partial charge in [0.05, 0.1) is 11.1 Å². The molecule has 1 amide bonds. The van der Waals surface area contributed by atoms with E-state index >= 15 is 0 Å². The highest BCUT2D eigenvalue weighted by atomic mass is 32.2. The Morgan fingerprint density at radius 1 is 1.10 bits per heavy atom. The molecule has 2 aromatic carbocycles. The monoisotopic (exact) mass is 296 g/mol. The number of nitrogens with two attached hydrogens (primary N) is 2. The highest BCUT2D eigenvalue weighted by Gasteiger charge is 2.12. The van der Waals surface area contributed by atoms with Crippen molar-refractivity contribution in [3.05, 3.63) is 54.4 Å². The Balaban J connectivity index is 2.09. The Bertz CT molecular complexity index is 830. The van der Waals surface area contributed by atoms with Crippen LogP contribution in [0.5, 0.6) is 0 Å². The van der Waals surface area contributed by atoms with Gasteiger partial charge in [0.15, 0.2) is 0 Å². The summed E-state index contributed by atoms with van der Waals surface area (Å²) in [5.41, 5.74) is 12.9.